The molecule has 188 valence electrons. The largest absolute Gasteiger partial charge is 0.394 e. The summed E-state index contributed by atoms with van der Waals surface area (Å²) < 4.78 is 6.59. The maximum Gasteiger partial charge on any atom is 0.249 e. The number of ether oxygens (including phenoxy) is 1. The van der Waals surface area contributed by atoms with Gasteiger partial charge in [-0.3, -0.25) is 14.4 Å². The van der Waals surface area contributed by atoms with E-state index in [1.807, 2.05) is 38.2 Å². The number of hydrogen-bond donors (Lipinski definition) is 1. The van der Waals surface area contributed by atoms with Gasteiger partial charge in [0.1, 0.15) is 11.6 Å². The van der Waals surface area contributed by atoms with E-state index in [2.05, 4.69) is 6.92 Å². The Morgan fingerprint density at radius 1 is 1.12 bits per heavy atom. The van der Waals surface area contributed by atoms with Gasteiger partial charge in [0.2, 0.25) is 17.7 Å². The summed E-state index contributed by atoms with van der Waals surface area (Å²) in [6.45, 7) is 7.47. The van der Waals surface area contributed by atoms with Gasteiger partial charge in [-0.1, -0.05) is 57.9 Å². The summed E-state index contributed by atoms with van der Waals surface area (Å²) >= 11 is 0. The molecule has 0 bridgehead atoms. The number of unbranched alkanes of at least 4 members (excludes halogenated alkanes) is 2. The first-order valence-electron chi connectivity index (χ1n) is 12.8. The molecule has 3 amide bonds. The molecule has 0 saturated carbocycles. The SMILES string of the molecule is CCCCCN1CC=C[C@]23O[C@@H]4C=CCN(C)C(=O)[C@@H]4[C@H]2C(=O)N([C@@H](CO)CC(C)C)C3C1=O. The molecule has 8 nitrogen and oxygen atoms in total. The van der Waals surface area contributed by atoms with Crippen LogP contribution >= 0.6 is 0 Å². The fraction of sp³-hybridized carbons (Fsp3) is 0.731. The summed E-state index contributed by atoms with van der Waals surface area (Å²) in [6, 6.07) is -1.40. The highest BCUT2D eigenvalue weighted by molar-refractivity contribution is 6.00. The summed E-state index contributed by atoms with van der Waals surface area (Å²) in [6.07, 6.45) is 10.5. The summed E-state index contributed by atoms with van der Waals surface area (Å²) in [5.74, 6) is -1.81. The van der Waals surface area contributed by atoms with Gasteiger partial charge in [0, 0.05) is 26.7 Å². The highest BCUT2D eigenvalue weighted by Crippen LogP contribution is 2.54. The summed E-state index contributed by atoms with van der Waals surface area (Å²) in [7, 11) is 1.73. The minimum atomic E-state index is -1.22. The van der Waals surface area contributed by atoms with Gasteiger partial charge in [-0.15, -0.1) is 0 Å². The Bertz CT molecular complexity index is 870. The lowest BCUT2D eigenvalue weighted by atomic mass is 9.77. The van der Waals surface area contributed by atoms with E-state index in [0.717, 1.165) is 19.3 Å². The number of fused-ring (bicyclic) bond motifs is 2. The zero-order chi connectivity index (χ0) is 24.6. The predicted molar refractivity (Wildman–Crippen MR) is 128 cm³/mol. The minimum Gasteiger partial charge on any atom is -0.394 e. The van der Waals surface area contributed by atoms with E-state index in [-0.39, 0.29) is 30.2 Å². The van der Waals surface area contributed by atoms with Crippen LogP contribution in [0.15, 0.2) is 24.3 Å². The Hall–Kier alpha value is -2.19. The summed E-state index contributed by atoms with van der Waals surface area (Å²) in [5.41, 5.74) is -1.22. The number of rotatable bonds is 8. The Morgan fingerprint density at radius 3 is 2.56 bits per heavy atom. The number of carbonyl (C=O) groups is 3. The molecular formula is C26H39N3O5. The van der Waals surface area contributed by atoms with Crippen LogP contribution in [0.25, 0.3) is 0 Å². The Morgan fingerprint density at radius 2 is 1.88 bits per heavy atom. The van der Waals surface area contributed by atoms with Crippen molar-refractivity contribution in [3.63, 3.8) is 0 Å². The average molecular weight is 474 g/mol. The third-order valence-electron chi connectivity index (χ3n) is 7.76. The van der Waals surface area contributed by atoms with Crippen LogP contribution in [0.5, 0.6) is 0 Å². The number of aliphatic hydroxyl groups is 1. The Kier molecular flexibility index (Phi) is 7.20. The molecule has 6 atom stereocenters. The number of aliphatic hydroxyl groups excluding tert-OH is 1. The Balaban J connectivity index is 1.80. The molecule has 0 aromatic rings. The molecule has 2 saturated heterocycles. The number of likely N-dealkylation sites (N-methyl/N-ethyl adjacent to an activating group) is 1. The number of likely N-dealkylation sites (tertiary alicyclic amines) is 1. The molecule has 4 rings (SSSR count). The molecule has 1 N–H and O–H groups in total. The third-order valence-corrected chi connectivity index (χ3v) is 7.76. The zero-order valence-electron chi connectivity index (χ0n) is 20.9. The first-order chi connectivity index (χ1) is 16.3. The van der Waals surface area contributed by atoms with Crippen LogP contribution in [0.4, 0.5) is 0 Å². The number of nitrogens with zero attached hydrogens (tertiary/aromatic N) is 3. The minimum absolute atomic E-state index is 0.139. The normalized spacial score (nSPS) is 33.8. The van der Waals surface area contributed by atoms with E-state index in [4.69, 9.17) is 4.74 Å². The van der Waals surface area contributed by atoms with E-state index >= 15 is 0 Å². The van der Waals surface area contributed by atoms with Gasteiger partial charge in [-0.25, -0.2) is 0 Å². The van der Waals surface area contributed by atoms with Crippen molar-refractivity contribution in [2.24, 2.45) is 17.8 Å². The maximum absolute atomic E-state index is 14.1. The molecule has 0 aromatic carbocycles. The van der Waals surface area contributed by atoms with Crippen molar-refractivity contribution < 1.29 is 24.2 Å². The van der Waals surface area contributed by atoms with Crippen LogP contribution in [0, 0.1) is 17.8 Å². The van der Waals surface area contributed by atoms with Gasteiger partial charge >= 0.3 is 0 Å². The maximum atomic E-state index is 14.1. The van der Waals surface area contributed by atoms with Crippen molar-refractivity contribution in [2.75, 3.05) is 33.3 Å². The van der Waals surface area contributed by atoms with E-state index in [9.17, 15) is 19.5 Å². The first-order valence-corrected chi connectivity index (χ1v) is 12.8. The fourth-order valence-corrected chi connectivity index (χ4v) is 6.22. The highest BCUT2D eigenvalue weighted by Gasteiger charge is 2.72. The fourth-order valence-electron chi connectivity index (χ4n) is 6.22. The van der Waals surface area contributed by atoms with Gasteiger partial charge in [0.05, 0.1) is 30.6 Å². The lowest BCUT2D eigenvalue weighted by Crippen LogP contribution is -2.58. The molecule has 0 radical (unpaired) electrons. The van der Waals surface area contributed by atoms with E-state index in [1.54, 1.807) is 21.7 Å². The van der Waals surface area contributed by atoms with Crippen LogP contribution in [0.2, 0.25) is 0 Å². The van der Waals surface area contributed by atoms with Crippen molar-refractivity contribution in [3.05, 3.63) is 24.3 Å². The molecule has 4 aliphatic rings. The molecule has 1 spiro atoms. The van der Waals surface area contributed by atoms with E-state index in [0.29, 0.717) is 26.1 Å². The Labute approximate surface area is 202 Å². The molecule has 4 heterocycles. The van der Waals surface area contributed by atoms with Gasteiger partial charge in [-0.2, -0.15) is 0 Å². The van der Waals surface area contributed by atoms with Crippen molar-refractivity contribution in [1.29, 1.82) is 0 Å². The van der Waals surface area contributed by atoms with E-state index < -0.39 is 35.6 Å². The lowest BCUT2D eigenvalue weighted by molar-refractivity contribution is -0.151. The molecule has 0 aromatic heterocycles. The molecule has 1 unspecified atom stereocenters. The average Bonchev–Trinajstić information content (AvgIpc) is 3.13. The van der Waals surface area contributed by atoms with Crippen molar-refractivity contribution in [1.82, 2.24) is 14.7 Å². The van der Waals surface area contributed by atoms with E-state index in [1.165, 1.54) is 0 Å². The number of carbonyl (C=O) groups excluding carboxylic acids is 3. The molecule has 8 heteroatoms. The van der Waals surface area contributed by atoms with Crippen molar-refractivity contribution in [2.45, 2.75) is 70.2 Å². The third kappa shape index (κ3) is 3.98. The second-order valence-corrected chi connectivity index (χ2v) is 10.6. The first kappa shape index (κ1) is 24.9. The predicted octanol–water partition coefficient (Wildman–Crippen LogP) is 1.59. The second-order valence-electron chi connectivity index (χ2n) is 10.6. The quantitative estimate of drug-likeness (QED) is 0.427. The lowest BCUT2D eigenvalue weighted by Gasteiger charge is -2.39. The number of amides is 3. The van der Waals surface area contributed by atoms with Crippen molar-refractivity contribution >= 4 is 17.7 Å². The van der Waals surface area contributed by atoms with Gasteiger partial charge in [0.25, 0.3) is 0 Å². The summed E-state index contributed by atoms with van der Waals surface area (Å²) in [4.78, 5) is 46.5. The smallest absolute Gasteiger partial charge is 0.249 e. The van der Waals surface area contributed by atoms with Crippen LogP contribution in [0.3, 0.4) is 0 Å². The molecular weight excluding hydrogens is 434 g/mol. The standard InChI is InChI=1S/C26H39N3O5/c1-5-6-7-13-28-14-9-11-26-21(20-19(34-26)10-8-12-27(4)23(20)31)24(32)29(22(26)25(28)33)18(16-30)15-17(2)3/h8-11,17-22,30H,5-7,12-16H2,1-4H3/t18-,19-,20+,21+,22?,26+/m1/s1. The van der Waals surface area contributed by atoms with Crippen LogP contribution in [0.1, 0.15) is 46.5 Å². The van der Waals surface area contributed by atoms with Gasteiger partial charge in [-0.05, 0) is 18.8 Å². The van der Waals surface area contributed by atoms with Gasteiger partial charge < -0.3 is 24.5 Å². The second kappa shape index (κ2) is 9.82. The summed E-state index contributed by atoms with van der Waals surface area (Å²) in [5, 5.41) is 10.3. The topological polar surface area (TPSA) is 90.4 Å². The molecule has 4 aliphatic heterocycles. The molecule has 0 aliphatic carbocycles. The van der Waals surface area contributed by atoms with Crippen LogP contribution in [-0.2, 0) is 19.1 Å². The molecule has 2 fully saturated rings. The zero-order valence-corrected chi connectivity index (χ0v) is 20.9. The van der Waals surface area contributed by atoms with Crippen molar-refractivity contribution in [3.8, 4) is 0 Å². The van der Waals surface area contributed by atoms with Crippen LogP contribution in [-0.4, -0.2) is 94.6 Å². The monoisotopic (exact) mass is 473 g/mol. The van der Waals surface area contributed by atoms with Gasteiger partial charge in [0.15, 0.2) is 0 Å². The molecule has 34 heavy (non-hydrogen) atoms. The number of hydrogen-bond acceptors (Lipinski definition) is 5. The highest BCUT2D eigenvalue weighted by atomic mass is 16.5. The van der Waals surface area contributed by atoms with Crippen LogP contribution < -0.4 is 0 Å².